The Morgan fingerprint density at radius 3 is 2.56 bits per heavy atom. The maximum Gasteiger partial charge on any atom is 0.416 e. The predicted octanol–water partition coefficient (Wildman–Crippen LogP) is 4.13. The topological polar surface area (TPSA) is 37.3 Å². The van der Waals surface area contributed by atoms with Crippen molar-refractivity contribution in [1.82, 2.24) is 0 Å². The van der Waals surface area contributed by atoms with E-state index in [9.17, 15) is 18.0 Å². The van der Waals surface area contributed by atoms with Crippen LogP contribution in [0.4, 0.5) is 13.2 Å². The van der Waals surface area contributed by atoms with Crippen LogP contribution in [0.2, 0.25) is 0 Å². The van der Waals surface area contributed by atoms with Gasteiger partial charge in [-0.1, -0.05) is 12.1 Å². The van der Waals surface area contributed by atoms with E-state index in [2.05, 4.69) is 0 Å². The third-order valence-corrected chi connectivity index (χ3v) is 3.31. The number of aromatic carboxylic acids is 1. The molecule has 1 aromatic carbocycles. The smallest absolute Gasteiger partial charge is 0.416 e. The summed E-state index contributed by atoms with van der Waals surface area (Å²) in [6.45, 7) is 0. The van der Waals surface area contributed by atoms with Crippen molar-refractivity contribution in [1.29, 1.82) is 0 Å². The molecular formula is C12H7F3O2S. The molecule has 0 aliphatic heterocycles. The summed E-state index contributed by atoms with van der Waals surface area (Å²) in [7, 11) is 0. The zero-order valence-electron chi connectivity index (χ0n) is 8.86. The van der Waals surface area contributed by atoms with Crippen molar-refractivity contribution in [2.45, 2.75) is 6.18 Å². The fourth-order valence-corrected chi connectivity index (χ4v) is 2.42. The zero-order chi connectivity index (χ0) is 13.3. The van der Waals surface area contributed by atoms with E-state index in [4.69, 9.17) is 5.11 Å². The molecule has 0 aliphatic carbocycles. The van der Waals surface area contributed by atoms with E-state index in [1.165, 1.54) is 18.2 Å². The Labute approximate surface area is 104 Å². The van der Waals surface area contributed by atoms with Gasteiger partial charge in [-0.25, -0.2) is 4.79 Å². The largest absolute Gasteiger partial charge is 0.478 e. The zero-order valence-corrected chi connectivity index (χ0v) is 9.68. The van der Waals surface area contributed by atoms with Crippen LogP contribution in [0.3, 0.4) is 0 Å². The molecule has 1 heterocycles. The summed E-state index contributed by atoms with van der Waals surface area (Å²) in [6, 6.07) is 6.02. The highest BCUT2D eigenvalue weighted by Gasteiger charge is 2.30. The highest BCUT2D eigenvalue weighted by molar-refractivity contribution is 7.14. The first-order chi connectivity index (χ1) is 8.39. The van der Waals surface area contributed by atoms with Gasteiger partial charge in [0.15, 0.2) is 0 Å². The quantitative estimate of drug-likeness (QED) is 0.892. The molecule has 0 bridgehead atoms. The number of carbonyl (C=O) groups is 1. The second-order valence-electron chi connectivity index (χ2n) is 3.55. The Kier molecular flexibility index (Phi) is 3.13. The molecule has 18 heavy (non-hydrogen) atoms. The first-order valence-corrected chi connectivity index (χ1v) is 5.76. The molecule has 0 saturated heterocycles. The summed E-state index contributed by atoms with van der Waals surface area (Å²) in [5, 5.41) is 10.5. The fourth-order valence-electron chi connectivity index (χ4n) is 1.54. The molecule has 2 aromatic rings. The second kappa shape index (κ2) is 4.45. The highest BCUT2D eigenvalue weighted by atomic mass is 32.1. The van der Waals surface area contributed by atoms with Gasteiger partial charge in [0, 0.05) is 4.88 Å². The van der Waals surface area contributed by atoms with Gasteiger partial charge in [-0.2, -0.15) is 13.2 Å². The summed E-state index contributed by atoms with van der Waals surface area (Å²) in [5.74, 6) is -1.15. The van der Waals surface area contributed by atoms with Crippen molar-refractivity contribution in [3.8, 4) is 10.4 Å². The van der Waals surface area contributed by atoms with E-state index in [1.807, 2.05) is 0 Å². The molecule has 0 atom stereocenters. The Balaban J connectivity index is 2.52. The van der Waals surface area contributed by atoms with Crippen molar-refractivity contribution in [2.75, 3.05) is 0 Å². The van der Waals surface area contributed by atoms with Crippen LogP contribution in [0, 0.1) is 0 Å². The highest BCUT2D eigenvalue weighted by Crippen LogP contribution is 2.35. The van der Waals surface area contributed by atoms with Gasteiger partial charge in [-0.3, -0.25) is 0 Å². The average molecular weight is 272 g/mol. The molecule has 6 heteroatoms. The van der Waals surface area contributed by atoms with E-state index >= 15 is 0 Å². The van der Waals surface area contributed by atoms with Gasteiger partial charge in [0.2, 0.25) is 0 Å². The predicted molar refractivity (Wildman–Crippen MR) is 61.7 cm³/mol. The SMILES string of the molecule is O=C(O)c1ccsc1-c1cccc(C(F)(F)F)c1. The lowest BCUT2D eigenvalue weighted by molar-refractivity contribution is -0.137. The Morgan fingerprint density at radius 1 is 1.22 bits per heavy atom. The number of alkyl halides is 3. The average Bonchev–Trinajstić information content (AvgIpc) is 2.77. The summed E-state index contributed by atoms with van der Waals surface area (Å²) >= 11 is 1.10. The number of hydrogen-bond acceptors (Lipinski definition) is 2. The first kappa shape index (κ1) is 12.6. The number of rotatable bonds is 2. The van der Waals surface area contributed by atoms with E-state index in [1.54, 1.807) is 5.38 Å². The monoisotopic (exact) mass is 272 g/mol. The van der Waals surface area contributed by atoms with Crippen LogP contribution < -0.4 is 0 Å². The van der Waals surface area contributed by atoms with Gasteiger partial charge in [0.1, 0.15) is 0 Å². The standard InChI is InChI=1S/C12H7F3O2S/c13-12(14,15)8-3-1-2-7(6-8)10-9(11(16)17)4-5-18-10/h1-6H,(H,16,17). The summed E-state index contributed by atoms with van der Waals surface area (Å²) in [6.07, 6.45) is -4.43. The number of carboxylic acid groups (broad SMARTS) is 1. The summed E-state index contributed by atoms with van der Waals surface area (Å²) < 4.78 is 37.7. The van der Waals surface area contributed by atoms with Gasteiger partial charge < -0.3 is 5.11 Å². The maximum atomic E-state index is 12.6. The molecule has 1 N–H and O–H groups in total. The third-order valence-electron chi connectivity index (χ3n) is 2.35. The fraction of sp³-hybridized carbons (Fsp3) is 0.0833. The van der Waals surface area contributed by atoms with Crippen LogP contribution in [0.5, 0.6) is 0 Å². The molecule has 0 amide bonds. The molecule has 0 radical (unpaired) electrons. The molecule has 0 unspecified atom stereocenters. The van der Waals surface area contributed by atoms with Gasteiger partial charge in [-0.05, 0) is 29.1 Å². The minimum atomic E-state index is -4.43. The molecule has 2 rings (SSSR count). The molecular weight excluding hydrogens is 265 g/mol. The van der Waals surface area contributed by atoms with Crippen molar-refractivity contribution in [3.05, 3.63) is 46.8 Å². The first-order valence-electron chi connectivity index (χ1n) is 4.88. The van der Waals surface area contributed by atoms with E-state index in [0.717, 1.165) is 23.5 Å². The minimum Gasteiger partial charge on any atom is -0.478 e. The Morgan fingerprint density at radius 2 is 1.94 bits per heavy atom. The molecule has 0 fully saturated rings. The molecule has 94 valence electrons. The number of carboxylic acids is 1. The van der Waals surface area contributed by atoms with Gasteiger partial charge in [-0.15, -0.1) is 11.3 Å². The van der Waals surface area contributed by atoms with E-state index < -0.39 is 17.7 Å². The third kappa shape index (κ3) is 2.38. The van der Waals surface area contributed by atoms with E-state index in [0.29, 0.717) is 4.88 Å². The number of halogens is 3. The van der Waals surface area contributed by atoms with Crippen LogP contribution in [-0.4, -0.2) is 11.1 Å². The van der Waals surface area contributed by atoms with Crippen LogP contribution >= 0.6 is 11.3 Å². The molecule has 0 spiro atoms. The van der Waals surface area contributed by atoms with Crippen LogP contribution in [-0.2, 0) is 6.18 Å². The van der Waals surface area contributed by atoms with E-state index in [-0.39, 0.29) is 11.1 Å². The van der Waals surface area contributed by atoms with Gasteiger partial charge in [0.05, 0.1) is 11.1 Å². The summed E-state index contributed by atoms with van der Waals surface area (Å²) in [5.41, 5.74) is -0.513. The lowest BCUT2D eigenvalue weighted by atomic mass is 10.1. The summed E-state index contributed by atoms with van der Waals surface area (Å²) in [4.78, 5) is 11.2. The maximum absolute atomic E-state index is 12.6. The Bertz CT molecular complexity index is 587. The Hall–Kier alpha value is -1.82. The van der Waals surface area contributed by atoms with Crippen molar-refractivity contribution in [2.24, 2.45) is 0 Å². The van der Waals surface area contributed by atoms with Crippen molar-refractivity contribution >= 4 is 17.3 Å². The van der Waals surface area contributed by atoms with Crippen molar-refractivity contribution < 1.29 is 23.1 Å². The van der Waals surface area contributed by atoms with Gasteiger partial charge >= 0.3 is 12.1 Å². The lowest BCUT2D eigenvalue weighted by Crippen LogP contribution is -2.04. The molecule has 2 nitrogen and oxygen atoms in total. The van der Waals surface area contributed by atoms with Crippen molar-refractivity contribution in [3.63, 3.8) is 0 Å². The van der Waals surface area contributed by atoms with Crippen LogP contribution in [0.25, 0.3) is 10.4 Å². The number of benzene rings is 1. The van der Waals surface area contributed by atoms with Crippen LogP contribution in [0.15, 0.2) is 35.7 Å². The van der Waals surface area contributed by atoms with Gasteiger partial charge in [0.25, 0.3) is 0 Å². The lowest BCUT2D eigenvalue weighted by Gasteiger charge is -2.08. The molecule has 1 aromatic heterocycles. The number of thiophene rings is 1. The van der Waals surface area contributed by atoms with Crippen LogP contribution in [0.1, 0.15) is 15.9 Å². The molecule has 0 aliphatic rings. The second-order valence-corrected chi connectivity index (χ2v) is 4.46. The normalized spacial score (nSPS) is 11.5. The number of hydrogen-bond donors (Lipinski definition) is 1. The minimum absolute atomic E-state index is 0.0133. The molecule has 0 saturated carbocycles.